The molecule has 2 rings (SSSR count). The van der Waals surface area contributed by atoms with E-state index >= 15 is 0 Å². The smallest absolute Gasteiger partial charge is 0.251 e. The van der Waals surface area contributed by atoms with Crippen LogP contribution >= 0.6 is 0 Å². The molecular weight excluding hydrogens is 406 g/mol. The fourth-order valence-electron chi connectivity index (χ4n) is 2.83. The van der Waals surface area contributed by atoms with Gasteiger partial charge in [-0.1, -0.05) is 18.2 Å². The number of hydrogen-bond donors (Lipinski definition) is 1. The Labute approximate surface area is 178 Å². The van der Waals surface area contributed by atoms with Crippen molar-refractivity contribution >= 4 is 15.7 Å². The maximum Gasteiger partial charge on any atom is 0.251 e. The van der Waals surface area contributed by atoms with Crippen LogP contribution in [0.4, 0.5) is 0 Å². The Hall–Kier alpha value is -2.74. The summed E-state index contributed by atoms with van der Waals surface area (Å²) in [5.74, 6) is 0.947. The van der Waals surface area contributed by atoms with Gasteiger partial charge in [-0.25, -0.2) is 8.42 Å². The summed E-state index contributed by atoms with van der Waals surface area (Å²) in [6, 6.07) is 11.5. The van der Waals surface area contributed by atoms with Crippen LogP contribution in [-0.2, 0) is 9.84 Å². The topological polar surface area (TPSA) is 90.9 Å². The van der Waals surface area contributed by atoms with Crippen LogP contribution in [0.2, 0.25) is 0 Å². The van der Waals surface area contributed by atoms with Gasteiger partial charge in [0.15, 0.2) is 21.3 Å². The first kappa shape index (κ1) is 23.5. The van der Waals surface area contributed by atoms with Crippen LogP contribution in [0.1, 0.15) is 37.6 Å². The molecule has 0 heterocycles. The monoisotopic (exact) mass is 435 g/mol. The fraction of sp³-hybridized carbons (Fsp3) is 0.409. The normalized spacial score (nSPS) is 11.0. The van der Waals surface area contributed by atoms with E-state index in [2.05, 4.69) is 5.32 Å². The summed E-state index contributed by atoms with van der Waals surface area (Å²) in [5.41, 5.74) is 0.358. The molecule has 7 nitrogen and oxygen atoms in total. The number of benzene rings is 2. The van der Waals surface area contributed by atoms with Gasteiger partial charge in [0.25, 0.3) is 5.91 Å². The minimum atomic E-state index is -3.37. The average molecular weight is 436 g/mol. The first-order chi connectivity index (χ1) is 14.4. The number of carbonyl (C=O) groups is 1. The van der Waals surface area contributed by atoms with Crippen molar-refractivity contribution in [2.45, 2.75) is 32.1 Å². The van der Waals surface area contributed by atoms with Crippen LogP contribution in [0.25, 0.3) is 0 Å². The minimum Gasteiger partial charge on any atom is -0.490 e. The van der Waals surface area contributed by atoms with E-state index in [1.54, 1.807) is 42.5 Å². The zero-order chi connectivity index (χ0) is 22.0. The molecule has 0 spiro atoms. The van der Waals surface area contributed by atoms with E-state index in [0.717, 1.165) is 0 Å². The number of hydrogen-bond acceptors (Lipinski definition) is 6. The predicted molar refractivity (Wildman–Crippen MR) is 115 cm³/mol. The SMILES string of the molecule is CCOc1cc(C(=O)NCCCS(=O)(=O)c2ccccc2)cc(OCC)c1OCC. The molecule has 1 amide bonds. The number of rotatable bonds is 12. The fourth-order valence-corrected chi connectivity index (χ4v) is 4.16. The summed E-state index contributed by atoms with van der Waals surface area (Å²) in [7, 11) is -3.37. The molecule has 0 atom stereocenters. The molecule has 0 radical (unpaired) electrons. The number of carbonyl (C=O) groups excluding carboxylic acids is 1. The molecule has 0 saturated carbocycles. The van der Waals surface area contributed by atoms with Crippen LogP contribution in [-0.4, -0.2) is 46.4 Å². The van der Waals surface area contributed by atoms with E-state index in [1.165, 1.54) is 0 Å². The summed E-state index contributed by atoms with van der Waals surface area (Å²) in [4.78, 5) is 12.9. The highest BCUT2D eigenvalue weighted by Crippen LogP contribution is 2.39. The predicted octanol–water partition coefficient (Wildman–Crippen LogP) is 3.48. The summed E-state index contributed by atoms with van der Waals surface area (Å²) in [6.07, 6.45) is 0.302. The molecule has 0 saturated heterocycles. The Bertz CT molecular complexity index is 901. The van der Waals surface area contributed by atoms with E-state index in [4.69, 9.17) is 14.2 Å². The van der Waals surface area contributed by atoms with E-state index in [0.29, 0.717) is 49.1 Å². The van der Waals surface area contributed by atoms with Gasteiger partial charge in [0, 0.05) is 12.1 Å². The lowest BCUT2D eigenvalue weighted by atomic mass is 10.1. The van der Waals surface area contributed by atoms with E-state index in [1.807, 2.05) is 20.8 Å². The van der Waals surface area contributed by atoms with Gasteiger partial charge in [-0.2, -0.15) is 0 Å². The highest BCUT2D eigenvalue weighted by molar-refractivity contribution is 7.91. The van der Waals surface area contributed by atoms with Gasteiger partial charge in [0.1, 0.15) is 0 Å². The first-order valence-corrected chi connectivity index (χ1v) is 11.7. The van der Waals surface area contributed by atoms with E-state index in [9.17, 15) is 13.2 Å². The summed E-state index contributed by atoms with van der Waals surface area (Å²) >= 11 is 0. The van der Waals surface area contributed by atoms with Crippen molar-refractivity contribution < 1.29 is 27.4 Å². The number of ether oxygens (including phenoxy) is 3. The summed E-state index contributed by atoms with van der Waals surface area (Å²) < 4.78 is 41.5. The lowest BCUT2D eigenvalue weighted by Crippen LogP contribution is -2.26. The standard InChI is InChI=1S/C22H29NO6S/c1-4-27-19-15-17(16-20(28-5-2)21(19)29-6-3)22(24)23-13-10-14-30(25,26)18-11-8-7-9-12-18/h7-9,11-12,15-16H,4-6,10,13-14H2,1-3H3,(H,23,24). The Morgan fingerprint density at radius 2 is 1.47 bits per heavy atom. The van der Waals surface area contributed by atoms with Crippen molar-refractivity contribution in [3.8, 4) is 17.2 Å². The van der Waals surface area contributed by atoms with Gasteiger partial charge in [-0.05, 0) is 51.5 Å². The van der Waals surface area contributed by atoms with Crippen LogP contribution in [0.3, 0.4) is 0 Å². The Morgan fingerprint density at radius 3 is 2.00 bits per heavy atom. The number of sulfone groups is 1. The first-order valence-electron chi connectivity index (χ1n) is 10.0. The molecule has 8 heteroatoms. The second-order valence-electron chi connectivity index (χ2n) is 6.34. The lowest BCUT2D eigenvalue weighted by molar-refractivity contribution is 0.0952. The Morgan fingerprint density at radius 1 is 0.900 bits per heavy atom. The molecule has 1 N–H and O–H groups in total. The third-order valence-electron chi connectivity index (χ3n) is 4.15. The van der Waals surface area contributed by atoms with Crippen LogP contribution in [0.15, 0.2) is 47.4 Å². The molecule has 0 unspecified atom stereocenters. The molecule has 30 heavy (non-hydrogen) atoms. The van der Waals surface area contributed by atoms with E-state index < -0.39 is 9.84 Å². The molecule has 2 aromatic rings. The van der Waals surface area contributed by atoms with Crippen molar-refractivity contribution in [3.63, 3.8) is 0 Å². The van der Waals surface area contributed by atoms with Crippen LogP contribution < -0.4 is 19.5 Å². The zero-order valence-corrected chi connectivity index (χ0v) is 18.5. The minimum absolute atomic E-state index is 0.0467. The molecule has 0 fully saturated rings. The van der Waals surface area contributed by atoms with Gasteiger partial charge >= 0.3 is 0 Å². The molecular formula is C22H29NO6S. The van der Waals surface area contributed by atoms with Gasteiger partial charge < -0.3 is 19.5 Å². The molecule has 164 valence electrons. The third kappa shape index (κ3) is 6.38. The van der Waals surface area contributed by atoms with Crippen molar-refractivity contribution in [1.82, 2.24) is 5.32 Å². The zero-order valence-electron chi connectivity index (χ0n) is 17.6. The highest BCUT2D eigenvalue weighted by Gasteiger charge is 2.19. The van der Waals surface area contributed by atoms with Gasteiger partial charge in [0.2, 0.25) is 5.75 Å². The van der Waals surface area contributed by atoms with Gasteiger partial charge in [-0.3, -0.25) is 4.79 Å². The van der Waals surface area contributed by atoms with Crippen LogP contribution in [0, 0.1) is 0 Å². The Kier molecular flexibility index (Phi) is 8.98. The van der Waals surface area contributed by atoms with Crippen molar-refractivity contribution in [3.05, 3.63) is 48.0 Å². The molecule has 0 aromatic heterocycles. The second-order valence-corrected chi connectivity index (χ2v) is 8.45. The lowest BCUT2D eigenvalue weighted by Gasteiger charge is -2.17. The molecule has 0 aliphatic carbocycles. The average Bonchev–Trinajstić information content (AvgIpc) is 2.74. The number of amides is 1. The molecule has 0 aliphatic rings. The van der Waals surface area contributed by atoms with Gasteiger partial charge in [0.05, 0.1) is 30.5 Å². The Balaban J connectivity index is 2.05. The molecule has 2 aromatic carbocycles. The van der Waals surface area contributed by atoms with E-state index in [-0.39, 0.29) is 23.1 Å². The number of nitrogens with one attached hydrogen (secondary N) is 1. The third-order valence-corrected chi connectivity index (χ3v) is 5.97. The summed E-state index contributed by atoms with van der Waals surface area (Å²) in [6.45, 7) is 7.03. The van der Waals surface area contributed by atoms with Crippen molar-refractivity contribution in [2.24, 2.45) is 0 Å². The van der Waals surface area contributed by atoms with Crippen molar-refractivity contribution in [2.75, 3.05) is 32.1 Å². The second kappa shape index (κ2) is 11.4. The largest absolute Gasteiger partial charge is 0.490 e. The summed E-state index contributed by atoms with van der Waals surface area (Å²) in [5, 5.41) is 2.76. The maximum atomic E-state index is 12.6. The highest BCUT2D eigenvalue weighted by atomic mass is 32.2. The van der Waals surface area contributed by atoms with Crippen LogP contribution in [0.5, 0.6) is 17.2 Å². The quantitative estimate of drug-likeness (QED) is 0.513. The maximum absolute atomic E-state index is 12.6. The molecule has 0 bridgehead atoms. The van der Waals surface area contributed by atoms with Gasteiger partial charge in [-0.15, -0.1) is 0 Å². The molecule has 0 aliphatic heterocycles. The van der Waals surface area contributed by atoms with Crippen molar-refractivity contribution in [1.29, 1.82) is 0 Å².